The van der Waals surface area contributed by atoms with Crippen LogP contribution in [0.2, 0.25) is 0 Å². The third-order valence-electron chi connectivity index (χ3n) is 3.10. The third-order valence-corrected chi connectivity index (χ3v) is 4.52. The van der Waals surface area contributed by atoms with E-state index >= 15 is 0 Å². The lowest BCUT2D eigenvalue weighted by atomic mass is 10.1. The van der Waals surface area contributed by atoms with E-state index in [1.165, 1.54) is 0 Å². The molecule has 0 unspecified atom stereocenters. The molecule has 2 aromatic rings. The van der Waals surface area contributed by atoms with Gasteiger partial charge in [-0.15, -0.1) is 10.2 Å². The number of halogens is 1. The first kappa shape index (κ1) is 15.4. The van der Waals surface area contributed by atoms with Crippen LogP contribution in [0.15, 0.2) is 32.8 Å². The van der Waals surface area contributed by atoms with Gasteiger partial charge in [0.2, 0.25) is 5.16 Å². The van der Waals surface area contributed by atoms with Gasteiger partial charge in [-0.2, -0.15) is 4.98 Å². The monoisotopic (exact) mass is 378 g/mol. The number of rotatable bonds is 4. The van der Waals surface area contributed by atoms with Crippen molar-refractivity contribution in [3.8, 4) is 17.1 Å². The summed E-state index contributed by atoms with van der Waals surface area (Å²) in [5.41, 5.74) is 2.30. The van der Waals surface area contributed by atoms with Gasteiger partial charge in [0, 0.05) is 22.7 Å². The number of aliphatic imine (C=N–C) groups is 1. The number of hydrogen-bond acceptors (Lipinski definition) is 6. The maximum atomic E-state index is 5.73. The van der Waals surface area contributed by atoms with Crippen molar-refractivity contribution in [1.82, 2.24) is 15.2 Å². The summed E-state index contributed by atoms with van der Waals surface area (Å²) in [6, 6.07) is 5.82. The van der Waals surface area contributed by atoms with E-state index in [0.717, 1.165) is 34.3 Å². The highest BCUT2D eigenvalue weighted by Crippen LogP contribution is 2.38. The highest BCUT2D eigenvalue weighted by atomic mass is 79.9. The molecule has 0 spiro atoms. The molecule has 0 radical (unpaired) electrons. The van der Waals surface area contributed by atoms with Crippen LogP contribution in [0.25, 0.3) is 11.3 Å². The maximum Gasteiger partial charge on any atom is 0.251 e. The molecular formula is C15H15BrN4OS. The Hall–Kier alpha value is -1.47. The molecule has 3 rings (SSSR count). The van der Waals surface area contributed by atoms with Crippen molar-refractivity contribution in [1.29, 1.82) is 0 Å². The van der Waals surface area contributed by atoms with Crippen molar-refractivity contribution < 1.29 is 4.74 Å². The summed E-state index contributed by atoms with van der Waals surface area (Å²) in [6.45, 7) is 3.97. The number of thioether (sulfide) groups is 1. The van der Waals surface area contributed by atoms with Crippen LogP contribution in [0.4, 0.5) is 5.69 Å². The second kappa shape index (κ2) is 6.75. The number of ether oxygens (including phenoxy) is 1. The molecule has 1 aromatic heterocycles. The normalized spacial score (nSPS) is 12.8. The van der Waals surface area contributed by atoms with Gasteiger partial charge in [0.15, 0.2) is 11.6 Å². The van der Waals surface area contributed by atoms with Crippen molar-refractivity contribution in [2.24, 2.45) is 4.99 Å². The fourth-order valence-corrected chi connectivity index (χ4v) is 3.26. The van der Waals surface area contributed by atoms with Gasteiger partial charge in [-0.05, 0) is 24.6 Å². The molecule has 114 valence electrons. The number of hydrogen-bond donors (Lipinski definition) is 0. The van der Waals surface area contributed by atoms with Gasteiger partial charge in [-0.3, -0.25) is 0 Å². The second-order valence-electron chi connectivity index (χ2n) is 4.84. The molecule has 0 saturated heterocycles. The molecule has 0 bridgehead atoms. The average Bonchev–Trinajstić information content (AvgIpc) is 2.62. The van der Waals surface area contributed by atoms with Gasteiger partial charge in [0.1, 0.15) is 0 Å². The van der Waals surface area contributed by atoms with Crippen molar-refractivity contribution in [2.75, 3.05) is 5.75 Å². The predicted molar refractivity (Wildman–Crippen MR) is 92.0 cm³/mol. The number of nitrogens with zero attached hydrogens (tertiary/aromatic N) is 4. The molecule has 0 saturated carbocycles. The molecule has 2 heterocycles. The van der Waals surface area contributed by atoms with Crippen molar-refractivity contribution in [3.63, 3.8) is 0 Å². The van der Waals surface area contributed by atoms with Gasteiger partial charge in [-0.25, -0.2) is 4.99 Å². The molecular weight excluding hydrogens is 364 g/mol. The zero-order valence-corrected chi connectivity index (χ0v) is 14.7. The van der Waals surface area contributed by atoms with Crippen LogP contribution in [0, 0.1) is 0 Å². The van der Waals surface area contributed by atoms with Crippen LogP contribution in [0.1, 0.15) is 26.7 Å². The van der Waals surface area contributed by atoms with Crippen LogP contribution < -0.4 is 4.74 Å². The van der Waals surface area contributed by atoms with Gasteiger partial charge in [0.25, 0.3) is 5.88 Å². The van der Waals surface area contributed by atoms with E-state index in [1.807, 2.05) is 25.1 Å². The summed E-state index contributed by atoms with van der Waals surface area (Å²) >= 11 is 5.07. The molecule has 0 amide bonds. The van der Waals surface area contributed by atoms with E-state index in [9.17, 15) is 0 Å². The Morgan fingerprint density at radius 3 is 2.95 bits per heavy atom. The third kappa shape index (κ3) is 3.30. The standard InChI is InChI=1S/C15H15BrN4OS/c1-3-4-7-22-15-18-14-13(19-20-15)11-8-10(16)5-6-12(11)17-9(2)21-14/h5-6,8H,3-4,7H2,1-2H3. The fraction of sp³-hybridized carbons (Fsp3) is 0.333. The lowest BCUT2D eigenvalue weighted by Crippen LogP contribution is -2.06. The van der Waals surface area contributed by atoms with E-state index in [1.54, 1.807) is 11.8 Å². The minimum absolute atomic E-state index is 0.465. The summed E-state index contributed by atoms with van der Waals surface area (Å²) in [4.78, 5) is 8.95. The Labute approximate surface area is 141 Å². The Kier molecular flexibility index (Phi) is 4.73. The summed E-state index contributed by atoms with van der Waals surface area (Å²) in [6.07, 6.45) is 2.28. The SMILES string of the molecule is CCCCSc1nnc2c(n1)OC(C)=Nc1ccc(Br)cc1-2. The van der Waals surface area contributed by atoms with E-state index in [0.29, 0.717) is 22.6 Å². The summed E-state index contributed by atoms with van der Waals surface area (Å²) < 4.78 is 6.69. The first-order chi connectivity index (χ1) is 10.7. The van der Waals surface area contributed by atoms with E-state index in [4.69, 9.17) is 4.74 Å². The van der Waals surface area contributed by atoms with E-state index in [-0.39, 0.29) is 0 Å². The molecule has 0 atom stereocenters. The first-order valence-electron chi connectivity index (χ1n) is 7.08. The summed E-state index contributed by atoms with van der Waals surface area (Å²) in [5.74, 6) is 1.99. The largest absolute Gasteiger partial charge is 0.422 e. The van der Waals surface area contributed by atoms with E-state index in [2.05, 4.69) is 43.0 Å². The minimum Gasteiger partial charge on any atom is -0.422 e. The van der Waals surface area contributed by atoms with Crippen LogP contribution in [-0.4, -0.2) is 26.8 Å². The minimum atomic E-state index is 0.465. The van der Waals surface area contributed by atoms with Gasteiger partial charge in [-0.1, -0.05) is 41.0 Å². The molecule has 7 heteroatoms. The molecule has 1 aromatic carbocycles. The summed E-state index contributed by atoms with van der Waals surface area (Å²) in [7, 11) is 0. The second-order valence-corrected chi connectivity index (χ2v) is 6.82. The summed E-state index contributed by atoms with van der Waals surface area (Å²) in [5, 5.41) is 9.17. The maximum absolute atomic E-state index is 5.73. The van der Waals surface area contributed by atoms with Gasteiger partial charge < -0.3 is 4.74 Å². The van der Waals surface area contributed by atoms with Crippen LogP contribution in [0.3, 0.4) is 0 Å². The Balaban J connectivity index is 2.01. The lowest BCUT2D eigenvalue weighted by molar-refractivity contribution is 0.511. The Bertz CT molecular complexity index is 735. The average molecular weight is 379 g/mol. The number of unbranched alkanes of at least 4 members (excludes halogenated alkanes) is 1. The smallest absolute Gasteiger partial charge is 0.251 e. The Morgan fingerprint density at radius 2 is 2.14 bits per heavy atom. The van der Waals surface area contributed by atoms with Crippen molar-refractivity contribution in [3.05, 3.63) is 22.7 Å². The van der Waals surface area contributed by atoms with Crippen LogP contribution in [-0.2, 0) is 0 Å². The number of fused-ring (bicyclic) bond motifs is 3. The quantitative estimate of drug-likeness (QED) is 0.572. The topological polar surface area (TPSA) is 60.3 Å². The zero-order valence-electron chi connectivity index (χ0n) is 12.3. The highest BCUT2D eigenvalue weighted by Gasteiger charge is 2.20. The molecule has 0 fully saturated rings. The highest BCUT2D eigenvalue weighted by molar-refractivity contribution is 9.10. The van der Waals surface area contributed by atoms with Gasteiger partial charge in [0.05, 0.1) is 5.69 Å². The fourth-order valence-electron chi connectivity index (χ4n) is 2.03. The predicted octanol–water partition coefficient (Wildman–Crippen LogP) is 4.64. The number of benzene rings is 1. The number of aromatic nitrogens is 3. The van der Waals surface area contributed by atoms with E-state index < -0.39 is 0 Å². The molecule has 0 N–H and O–H groups in total. The van der Waals surface area contributed by atoms with Crippen molar-refractivity contribution in [2.45, 2.75) is 31.8 Å². The van der Waals surface area contributed by atoms with Crippen molar-refractivity contribution >= 4 is 39.3 Å². The molecule has 1 aliphatic rings. The molecule has 1 aliphatic heterocycles. The molecule has 0 aliphatic carbocycles. The van der Waals surface area contributed by atoms with Crippen LogP contribution >= 0.6 is 27.7 Å². The zero-order chi connectivity index (χ0) is 15.5. The molecule has 5 nitrogen and oxygen atoms in total. The van der Waals surface area contributed by atoms with Gasteiger partial charge >= 0.3 is 0 Å². The van der Waals surface area contributed by atoms with Crippen LogP contribution in [0.5, 0.6) is 5.88 Å². The molecule has 22 heavy (non-hydrogen) atoms. The Morgan fingerprint density at radius 1 is 1.27 bits per heavy atom. The lowest BCUT2D eigenvalue weighted by Gasteiger charge is -2.07. The first-order valence-corrected chi connectivity index (χ1v) is 8.86.